The quantitative estimate of drug-likeness (QED) is 0.860. The van der Waals surface area contributed by atoms with Crippen molar-refractivity contribution < 1.29 is 4.79 Å². The number of anilines is 1. The van der Waals surface area contributed by atoms with Gasteiger partial charge in [-0.1, -0.05) is 37.6 Å². The van der Waals surface area contributed by atoms with Gasteiger partial charge in [0.15, 0.2) is 0 Å². The van der Waals surface area contributed by atoms with E-state index in [2.05, 4.69) is 17.2 Å². The summed E-state index contributed by atoms with van der Waals surface area (Å²) in [6.45, 7) is 4.07. The molecular weight excluding hydrogens is 272 g/mol. The first-order valence-electron chi connectivity index (χ1n) is 6.69. The molecule has 4 heteroatoms. The second-order valence-corrected chi connectivity index (χ2v) is 4.92. The topological polar surface area (TPSA) is 42.0 Å². The van der Waals surface area contributed by atoms with E-state index in [1.807, 2.05) is 31.2 Å². The molecule has 0 aliphatic carbocycles. The molecule has 1 amide bonds. The first-order valence-corrected chi connectivity index (χ1v) is 7.07. The van der Waals surface area contributed by atoms with E-state index in [1.54, 1.807) is 12.1 Å². The average molecular weight is 289 g/mol. The Morgan fingerprint density at radius 2 is 1.85 bits per heavy atom. The molecule has 0 atom stereocenters. The minimum absolute atomic E-state index is 0.173. The highest BCUT2D eigenvalue weighted by Crippen LogP contribution is 2.15. The molecule has 0 aliphatic heterocycles. The Labute approximate surface area is 124 Å². The summed E-state index contributed by atoms with van der Waals surface area (Å²) in [6, 6.07) is 11.2. The van der Waals surface area contributed by atoms with Gasteiger partial charge in [0.25, 0.3) is 5.91 Å². The molecule has 1 aromatic heterocycles. The fraction of sp³-hybridized carbons (Fsp3) is 0.250. The zero-order valence-electron chi connectivity index (χ0n) is 11.6. The maximum atomic E-state index is 12.2. The number of aryl methyl sites for hydroxylation is 2. The number of hydrogen-bond acceptors (Lipinski definition) is 2. The highest BCUT2D eigenvalue weighted by atomic mass is 35.5. The van der Waals surface area contributed by atoms with Crippen LogP contribution in [0.15, 0.2) is 36.4 Å². The van der Waals surface area contributed by atoms with Gasteiger partial charge in [0, 0.05) is 16.9 Å². The zero-order chi connectivity index (χ0) is 14.5. The Morgan fingerprint density at radius 3 is 2.45 bits per heavy atom. The Balaban J connectivity index is 2.16. The number of nitrogens with one attached hydrogen (secondary N) is 1. The summed E-state index contributed by atoms with van der Waals surface area (Å²) >= 11 is 5.92. The third kappa shape index (κ3) is 3.58. The SMILES string of the molecule is CCc1ccc(NC(=O)c2cc(Cl)nc(CC)c2)cc1. The second-order valence-electron chi connectivity index (χ2n) is 4.53. The van der Waals surface area contributed by atoms with Crippen molar-refractivity contribution >= 4 is 23.2 Å². The summed E-state index contributed by atoms with van der Waals surface area (Å²) in [5.74, 6) is -0.173. The standard InChI is InChI=1S/C16H17ClN2O/c1-3-11-5-7-14(8-6-11)19-16(20)12-9-13(4-2)18-15(17)10-12/h5-10H,3-4H2,1-2H3,(H,19,20). The van der Waals surface area contributed by atoms with Crippen LogP contribution in [-0.2, 0) is 12.8 Å². The molecule has 3 nitrogen and oxygen atoms in total. The van der Waals surface area contributed by atoms with Crippen LogP contribution < -0.4 is 5.32 Å². The first-order chi connectivity index (χ1) is 9.62. The van der Waals surface area contributed by atoms with E-state index in [9.17, 15) is 4.79 Å². The van der Waals surface area contributed by atoms with Crippen LogP contribution in [0, 0.1) is 0 Å². The predicted octanol–water partition coefficient (Wildman–Crippen LogP) is 4.11. The van der Waals surface area contributed by atoms with E-state index in [4.69, 9.17) is 11.6 Å². The molecule has 0 unspecified atom stereocenters. The molecular formula is C16H17ClN2O. The van der Waals surface area contributed by atoms with Crippen molar-refractivity contribution in [2.45, 2.75) is 26.7 Å². The lowest BCUT2D eigenvalue weighted by molar-refractivity contribution is 0.102. The summed E-state index contributed by atoms with van der Waals surface area (Å²) in [5, 5.41) is 3.21. The third-order valence-electron chi connectivity index (χ3n) is 3.09. The maximum absolute atomic E-state index is 12.2. The van der Waals surface area contributed by atoms with Crippen molar-refractivity contribution in [3.8, 4) is 0 Å². The second kappa shape index (κ2) is 6.53. The number of carbonyl (C=O) groups excluding carboxylic acids is 1. The van der Waals surface area contributed by atoms with E-state index < -0.39 is 0 Å². The molecule has 0 aliphatic rings. The van der Waals surface area contributed by atoms with Crippen LogP contribution in [0.4, 0.5) is 5.69 Å². The Kier molecular flexibility index (Phi) is 4.74. The van der Waals surface area contributed by atoms with Gasteiger partial charge in [-0.25, -0.2) is 4.98 Å². The van der Waals surface area contributed by atoms with Crippen molar-refractivity contribution in [2.24, 2.45) is 0 Å². The molecule has 0 saturated heterocycles. The number of nitrogens with zero attached hydrogens (tertiary/aromatic N) is 1. The molecule has 1 heterocycles. The molecule has 0 radical (unpaired) electrons. The molecule has 0 spiro atoms. The number of hydrogen-bond donors (Lipinski definition) is 1. The number of carbonyl (C=O) groups is 1. The molecule has 0 fully saturated rings. The summed E-state index contributed by atoms with van der Waals surface area (Å²) in [5.41, 5.74) is 3.35. The van der Waals surface area contributed by atoms with Crippen molar-refractivity contribution in [1.29, 1.82) is 0 Å². The lowest BCUT2D eigenvalue weighted by atomic mass is 10.1. The van der Waals surface area contributed by atoms with Crippen molar-refractivity contribution in [3.63, 3.8) is 0 Å². The van der Waals surface area contributed by atoms with E-state index in [0.717, 1.165) is 24.2 Å². The summed E-state index contributed by atoms with van der Waals surface area (Å²) < 4.78 is 0. The summed E-state index contributed by atoms with van der Waals surface area (Å²) in [7, 11) is 0. The van der Waals surface area contributed by atoms with Crippen molar-refractivity contribution in [2.75, 3.05) is 5.32 Å². The molecule has 1 N–H and O–H groups in total. The molecule has 20 heavy (non-hydrogen) atoms. The summed E-state index contributed by atoms with van der Waals surface area (Å²) in [4.78, 5) is 16.3. The van der Waals surface area contributed by atoms with Gasteiger partial charge in [0.05, 0.1) is 0 Å². The smallest absolute Gasteiger partial charge is 0.255 e. The fourth-order valence-electron chi connectivity index (χ4n) is 1.89. The number of halogens is 1. The molecule has 0 bridgehead atoms. The van der Waals surface area contributed by atoms with Crippen LogP contribution in [0.3, 0.4) is 0 Å². The average Bonchev–Trinajstić information content (AvgIpc) is 2.47. The zero-order valence-corrected chi connectivity index (χ0v) is 12.4. The van der Waals surface area contributed by atoms with Crippen molar-refractivity contribution in [1.82, 2.24) is 4.98 Å². The Hall–Kier alpha value is -1.87. The molecule has 104 valence electrons. The van der Waals surface area contributed by atoms with Gasteiger partial charge in [0.2, 0.25) is 0 Å². The number of aromatic nitrogens is 1. The molecule has 1 aromatic carbocycles. The maximum Gasteiger partial charge on any atom is 0.255 e. The number of benzene rings is 1. The lowest BCUT2D eigenvalue weighted by Gasteiger charge is -2.07. The fourth-order valence-corrected chi connectivity index (χ4v) is 2.12. The highest BCUT2D eigenvalue weighted by Gasteiger charge is 2.09. The van der Waals surface area contributed by atoms with E-state index in [-0.39, 0.29) is 5.91 Å². The van der Waals surface area contributed by atoms with E-state index >= 15 is 0 Å². The minimum Gasteiger partial charge on any atom is -0.322 e. The van der Waals surface area contributed by atoms with Gasteiger partial charge in [0.1, 0.15) is 5.15 Å². The van der Waals surface area contributed by atoms with E-state index in [1.165, 1.54) is 5.56 Å². The Morgan fingerprint density at radius 1 is 1.15 bits per heavy atom. The largest absolute Gasteiger partial charge is 0.322 e. The van der Waals surface area contributed by atoms with E-state index in [0.29, 0.717) is 10.7 Å². The monoisotopic (exact) mass is 288 g/mol. The van der Waals surface area contributed by atoms with Gasteiger partial charge in [-0.15, -0.1) is 0 Å². The van der Waals surface area contributed by atoms with Gasteiger partial charge in [-0.05, 0) is 42.7 Å². The van der Waals surface area contributed by atoms with Crippen molar-refractivity contribution in [3.05, 3.63) is 58.4 Å². The number of pyridine rings is 1. The van der Waals surface area contributed by atoms with Gasteiger partial charge in [-0.3, -0.25) is 4.79 Å². The molecule has 2 rings (SSSR count). The van der Waals surface area contributed by atoms with Crippen LogP contribution in [-0.4, -0.2) is 10.9 Å². The van der Waals surface area contributed by atoms with Crippen LogP contribution in [0.2, 0.25) is 5.15 Å². The Bertz CT molecular complexity index is 608. The summed E-state index contributed by atoms with van der Waals surface area (Å²) in [6.07, 6.45) is 1.72. The third-order valence-corrected chi connectivity index (χ3v) is 3.29. The van der Waals surface area contributed by atoms with Gasteiger partial charge >= 0.3 is 0 Å². The predicted molar refractivity (Wildman–Crippen MR) is 82.4 cm³/mol. The van der Waals surface area contributed by atoms with Crippen LogP contribution >= 0.6 is 11.6 Å². The van der Waals surface area contributed by atoms with Crippen LogP contribution in [0.25, 0.3) is 0 Å². The first kappa shape index (κ1) is 14.5. The molecule has 2 aromatic rings. The lowest BCUT2D eigenvalue weighted by Crippen LogP contribution is -2.12. The normalized spacial score (nSPS) is 10.3. The van der Waals surface area contributed by atoms with Gasteiger partial charge < -0.3 is 5.32 Å². The molecule has 0 saturated carbocycles. The number of amides is 1. The van der Waals surface area contributed by atoms with Crippen LogP contribution in [0.5, 0.6) is 0 Å². The van der Waals surface area contributed by atoms with Crippen LogP contribution in [0.1, 0.15) is 35.5 Å². The number of rotatable bonds is 4. The highest BCUT2D eigenvalue weighted by molar-refractivity contribution is 6.29. The van der Waals surface area contributed by atoms with Gasteiger partial charge in [-0.2, -0.15) is 0 Å². The minimum atomic E-state index is -0.173.